The van der Waals surface area contributed by atoms with E-state index in [0.29, 0.717) is 27.9 Å². The number of aromatic nitrogens is 2. The average molecular weight is 522 g/mol. The number of rotatable bonds is 11. The Bertz CT molecular complexity index is 1450. The van der Waals surface area contributed by atoms with E-state index in [9.17, 15) is 23.5 Å². The Balaban J connectivity index is 1.83. The third-order valence-corrected chi connectivity index (χ3v) is 5.97. The molecule has 2 aromatic carbocycles. The van der Waals surface area contributed by atoms with Crippen LogP contribution in [0.15, 0.2) is 60.8 Å². The molecule has 0 saturated carbocycles. The molecule has 0 radical (unpaired) electrons. The van der Waals surface area contributed by atoms with Crippen LogP contribution >= 0.6 is 0 Å². The van der Waals surface area contributed by atoms with Crippen LogP contribution in [0.5, 0.6) is 5.75 Å². The van der Waals surface area contributed by atoms with Gasteiger partial charge in [-0.25, -0.2) is 8.78 Å². The number of ether oxygens (including phenoxy) is 1. The van der Waals surface area contributed by atoms with Crippen molar-refractivity contribution in [3.63, 3.8) is 0 Å². The highest BCUT2D eigenvalue weighted by molar-refractivity contribution is 6.16. The van der Waals surface area contributed by atoms with Gasteiger partial charge in [-0.2, -0.15) is 0 Å². The number of halogens is 2. The molecule has 7 nitrogen and oxygen atoms in total. The van der Waals surface area contributed by atoms with Crippen LogP contribution in [0.2, 0.25) is 0 Å². The third-order valence-electron chi connectivity index (χ3n) is 5.97. The van der Waals surface area contributed by atoms with Gasteiger partial charge in [0.1, 0.15) is 11.4 Å². The maximum Gasteiger partial charge on any atom is 0.268 e. The monoisotopic (exact) mass is 521 g/mol. The number of aliphatic hydroxyl groups is 1. The lowest BCUT2D eigenvalue weighted by Crippen LogP contribution is -2.30. The molecular weight excluding hydrogens is 492 g/mol. The molecule has 0 aliphatic heterocycles. The topological polar surface area (TPSA) is 93.5 Å². The smallest absolute Gasteiger partial charge is 0.268 e. The molecule has 2 heterocycles. The zero-order chi connectivity index (χ0) is 27.2. The van der Waals surface area contributed by atoms with Gasteiger partial charge in [0.05, 0.1) is 36.0 Å². The van der Waals surface area contributed by atoms with E-state index in [2.05, 4.69) is 10.3 Å². The number of nitrogens with zero attached hydrogens (tertiary/aromatic N) is 2. The first-order chi connectivity index (χ1) is 18.3. The first-order valence-electron chi connectivity index (χ1n) is 12.4. The molecule has 38 heavy (non-hydrogen) atoms. The minimum atomic E-state index is -0.983. The number of Topliss-reactive ketones (excluding diaryl/α,β-unsaturated/α-hetero) is 1. The van der Waals surface area contributed by atoms with Gasteiger partial charge in [0.15, 0.2) is 17.4 Å². The number of pyridine rings is 1. The lowest BCUT2D eigenvalue weighted by molar-refractivity contribution is 0.0918. The van der Waals surface area contributed by atoms with Gasteiger partial charge in [-0.3, -0.25) is 14.6 Å². The molecule has 0 atom stereocenters. The number of ketones is 1. The third kappa shape index (κ3) is 6.06. The van der Waals surface area contributed by atoms with Crippen molar-refractivity contribution in [3.8, 4) is 5.75 Å². The molecular formula is C29H29F2N3O4. The van der Waals surface area contributed by atoms with Crippen molar-refractivity contribution in [3.05, 3.63) is 94.9 Å². The van der Waals surface area contributed by atoms with E-state index in [0.717, 1.165) is 12.1 Å². The summed E-state index contributed by atoms with van der Waals surface area (Å²) in [6, 6.07) is 14.2. The van der Waals surface area contributed by atoms with Gasteiger partial charge in [-0.05, 0) is 62.2 Å². The summed E-state index contributed by atoms with van der Waals surface area (Å²) in [4.78, 5) is 31.4. The van der Waals surface area contributed by atoms with Crippen molar-refractivity contribution >= 4 is 22.6 Å². The summed E-state index contributed by atoms with van der Waals surface area (Å²) in [5.74, 6) is -2.21. The maximum absolute atomic E-state index is 13.7. The molecule has 0 spiro atoms. The molecule has 9 heteroatoms. The summed E-state index contributed by atoms with van der Waals surface area (Å²) >= 11 is 0. The number of hydrogen-bond acceptors (Lipinski definition) is 5. The molecule has 4 rings (SSSR count). The van der Waals surface area contributed by atoms with E-state index < -0.39 is 17.5 Å². The Kier molecular flexibility index (Phi) is 8.48. The van der Waals surface area contributed by atoms with E-state index in [-0.39, 0.29) is 55.7 Å². The largest absolute Gasteiger partial charge is 0.491 e. The number of carbonyl (C=O) groups is 2. The molecule has 2 N–H and O–H groups in total. The molecule has 0 aliphatic rings. The standard InChI is InChI=1S/C29H29F2N3O4/c1-18(2)38-21-8-9-22-25(16-21)34(17-20-5-3-4-12-32-20)28(29(37)33-13-14-35)27(22)26(36)11-7-19-6-10-23(30)24(31)15-19/h3-6,8-10,12,15-16,18,35H,7,11,13-14,17H2,1-2H3,(H,33,37). The number of amides is 1. The predicted molar refractivity (Wildman–Crippen MR) is 139 cm³/mol. The number of aryl methyl sites for hydroxylation is 1. The zero-order valence-corrected chi connectivity index (χ0v) is 21.2. The highest BCUT2D eigenvalue weighted by atomic mass is 19.2. The average Bonchev–Trinajstić information content (AvgIpc) is 3.21. The first kappa shape index (κ1) is 26.9. The van der Waals surface area contributed by atoms with E-state index in [1.54, 1.807) is 35.0 Å². The van der Waals surface area contributed by atoms with E-state index in [4.69, 9.17) is 4.74 Å². The highest BCUT2D eigenvalue weighted by Crippen LogP contribution is 2.32. The lowest BCUT2D eigenvalue weighted by atomic mass is 9.99. The second kappa shape index (κ2) is 12.0. The van der Waals surface area contributed by atoms with Crippen LogP contribution < -0.4 is 10.1 Å². The van der Waals surface area contributed by atoms with E-state index >= 15 is 0 Å². The maximum atomic E-state index is 13.7. The Labute approximate surface area is 219 Å². The number of fused-ring (bicyclic) bond motifs is 1. The van der Waals surface area contributed by atoms with Crippen molar-refractivity contribution in [2.45, 2.75) is 39.3 Å². The van der Waals surface area contributed by atoms with Gasteiger partial charge in [-0.15, -0.1) is 0 Å². The fourth-order valence-corrected chi connectivity index (χ4v) is 4.34. The van der Waals surface area contributed by atoms with Crippen LogP contribution in [-0.2, 0) is 13.0 Å². The normalized spacial score (nSPS) is 11.2. The quantitative estimate of drug-likeness (QED) is 0.280. The van der Waals surface area contributed by atoms with Gasteiger partial charge >= 0.3 is 0 Å². The molecule has 0 unspecified atom stereocenters. The van der Waals surface area contributed by atoms with Gasteiger partial charge in [0, 0.05) is 30.6 Å². The first-order valence-corrected chi connectivity index (χ1v) is 12.4. The molecule has 1 amide bonds. The summed E-state index contributed by atoms with van der Waals surface area (Å²) in [7, 11) is 0. The number of carbonyl (C=O) groups excluding carboxylic acids is 2. The van der Waals surface area contributed by atoms with Gasteiger partial charge in [0.2, 0.25) is 0 Å². The number of aliphatic hydroxyl groups excluding tert-OH is 1. The predicted octanol–water partition coefficient (Wildman–Crippen LogP) is 4.69. The van der Waals surface area contributed by atoms with Crippen molar-refractivity contribution in [2.24, 2.45) is 0 Å². The highest BCUT2D eigenvalue weighted by Gasteiger charge is 2.27. The number of hydrogen-bond donors (Lipinski definition) is 2. The Morgan fingerprint density at radius 3 is 2.58 bits per heavy atom. The number of benzene rings is 2. The van der Waals surface area contributed by atoms with Gasteiger partial charge in [0.25, 0.3) is 5.91 Å². The minimum absolute atomic E-state index is 0.00808. The summed E-state index contributed by atoms with van der Waals surface area (Å²) < 4.78 is 34.7. The van der Waals surface area contributed by atoms with E-state index in [1.807, 2.05) is 26.0 Å². The second-order valence-electron chi connectivity index (χ2n) is 9.13. The van der Waals surface area contributed by atoms with Crippen LogP contribution in [0.25, 0.3) is 10.9 Å². The zero-order valence-electron chi connectivity index (χ0n) is 21.2. The molecule has 0 fully saturated rings. The van der Waals surface area contributed by atoms with Gasteiger partial charge < -0.3 is 19.7 Å². The molecule has 0 saturated heterocycles. The second-order valence-corrected chi connectivity index (χ2v) is 9.13. The van der Waals surface area contributed by atoms with Crippen LogP contribution in [0.4, 0.5) is 8.78 Å². The van der Waals surface area contributed by atoms with Crippen molar-refractivity contribution in [1.82, 2.24) is 14.9 Å². The molecule has 0 bridgehead atoms. The Hall–Kier alpha value is -4.11. The van der Waals surface area contributed by atoms with Crippen LogP contribution in [0, 0.1) is 11.6 Å². The van der Waals surface area contributed by atoms with E-state index in [1.165, 1.54) is 6.07 Å². The molecule has 4 aromatic rings. The Morgan fingerprint density at radius 1 is 1.08 bits per heavy atom. The van der Waals surface area contributed by atoms with Crippen LogP contribution in [-0.4, -0.2) is 45.6 Å². The minimum Gasteiger partial charge on any atom is -0.491 e. The summed E-state index contributed by atoms with van der Waals surface area (Å²) in [5, 5.41) is 12.5. The lowest BCUT2D eigenvalue weighted by Gasteiger charge is -2.13. The fraction of sp³-hybridized carbons (Fsp3) is 0.276. The molecule has 0 aliphatic carbocycles. The van der Waals surface area contributed by atoms with Crippen molar-refractivity contribution in [1.29, 1.82) is 0 Å². The number of nitrogens with one attached hydrogen (secondary N) is 1. The van der Waals surface area contributed by atoms with Crippen molar-refractivity contribution < 1.29 is 28.2 Å². The summed E-state index contributed by atoms with van der Waals surface area (Å²) in [6.45, 7) is 3.75. The van der Waals surface area contributed by atoms with Crippen LogP contribution in [0.3, 0.4) is 0 Å². The van der Waals surface area contributed by atoms with Crippen molar-refractivity contribution in [2.75, 3.05) is 13.2 Å². The van der Waals surface area contributed by atoms with Crippen LogP contribution in [0.1, 0.15) is 52.4 Å². The molecule has 2 aromatic heterocycles. The Morgan fingerprint density at radius 2 is 1.89 bits per heavy atom. The molecule has 198 valence electrons. The van der Waals surface area contributed by atoms with Gasteiger partial charge in [-0.1, -0.05) is 12.1 Å². The fourth-order valence-electron chi connectivity index (χ4n) is 4.34. The summed E-state index contributed by atoms with van der Waals surface area (Å²) in [5.41, 5.74) is 2.10. The SMILES string of the molecule is CC(C)Oc1ccc2c(C(=O)CCc3ccc(F)c(F)c3)c(C(=O)NCCO)n(Cc3ccccn3)c2c1. The summed E-state index contributed by atoms with van der Waals surface area (Å²) in [6.07, 6.45) is 1.69.